The molecule has 0 spiro atoms. The first-order valence-electron chi connectivity index (χ1n) is 3.99. The molecule has 0 aliphatic carbocycles. The predicted molar refractivity (Wildman–Crippen MR) is 46.6 cm³/mol. The van der Waals surface area contributed by atoms with E-state index < -0.39 is 12.1 Å². The minimum absolute atomic E-state index is 0.107. The lowest BCUT2D eigenvalue weighted by molar-refractivity contribution is -0.141. The molecule has 70 valence electrons. The summed E-state index contributed by atoms with van der Waals surface area (Å²) in [5.74, 6) is -0.213. The Morgan fingerprint density at radius 3 is 2.33 bits per heavy atom. The largest absolute Gasteiger partial charge is 0.462 e. The molecule has 3 nitrogen and oxygen atoms in total. The summed E-state index contributed by atoms with van der Waals surface area (Å²) in [6, 6.07) is 0. The van der Waals surface area contributed by atoms with Crippen LogP contribution >= 0.6 is 0 Å². The SMILES string of the molecule is C=C(C(=O)OCC(C)C)[C@H](C)O. The summed E-state index contributed by atoms with van der Waals surface area (Å²) in [5.41, 5.74) is 0.107. The highest BCUT2D eigenvalue weighted by atomic mass is 16.5. The van der Waals surface area contributed by atoms with Gasteiger partial charge >= 0.3 is 5.97 Å². The molecule has 0 radical (unpaired) electrons. The van der Waals surface area contributed by atoms with E-state index in [1.165, 1.54) is 6.92 Å². The lowest BCUT2D eigenvalue weighted by Crippen LogP contribution is -2.18. The molecule has 0 fully saturated rings. The van der Waals surface area contributed by atoms with Crippen molar-refractivity contribution in [2.75, 3.05) is 6.61 Å². The lowest BCUT2D eigenvalue weighted by Gasteiger charge is -2.10. The normalized spacial score (nSPS) is 12.8. The average molecular weight is 172 g/mol. The van der Waals surface area contributed by atoms with E-state index in [1.54, 1.807) is 0 Å². The average Bonchev–Trinajstić information content (AvgIpc) is 1.98. The number of hydrogen-bond donors (Lipinski definition) is 1. The van der Waals surface area contributed by atoms with Crippen LogP contribution in [0.15, 0.2) is 12.2 Å². The molecular formula is C9H16O3. The van der Waals surface area contributed by atoms with E-state index in [0.717, 1.165) is 0 Å². The van der Waals surface area contributed by atoms with Gasteiger partial charge < -0.3 is 9.84 Å². The molecule has 12 heavy (non-hydrogen) atoms. The van der Waals surface area contributed by atoms with E-state index in [0.29, 0.717) is 12.5 Å². The number of rotatable bonds is 4. The quantitative estimate of drug-likeness (QED) is 0.510. The first-order chi connectivity index (χ1) is 5.45. The van der Waals surface area contributed by atoms with E-state index in [4.69, 9.17) is 9.84 Å². The van der Waals surface area contributed by atoms with Gasteiger partial charge in [0.1, 0.15) is 0 Å². The Bertz CT molecular complexity index is 171. The highest BCUT2D eigenvalue weighted by Crippen LogP contribution is 2.02. The Hall–Kier alpha value is -0.830. The first-order valence-corrected chi connectivity index (χ1v) is 3.99. The van der Waals surface area contributed by atoms with Crippen molar-refractivity contribution in [3.05, 3.63) is 12.2 Å². The van der Waals surface area contributed by atoms with E-state index in [9.17, 15) is 4.79 Å². The van der Waals surface area contributed by atoms with Crippen molar-refractivity contribution in [2.24, 2.45) is 5.92 Å². The molecule has 0 aliphatic rings. The van der Waals surface area contributed by atoms with E-state index in [2.05, 4.69) is 6.58 Å². The zero-order valence-corrected chi connectivity index (χ0v) is 7.83. The standard InChI is InChI=1S/C9H16O3/c1-6(2)5-12-9(11)7(3)8(4)10/h6,8,10H,3,5H2,1-2,4H3/t8-/m0/s1. The van der Waals surface area contributed by atoms with Crippen molar-refractivity contribution in [1.29, 1.82) is 0 Å². The third-order valence-corrected chi connectivity index (χ3v) is 1.31. The van der Waals surface area contributed by atoms with Crippen molar-refractivity contribution in [3.63, 3.8) is 0 Å². The minimum Gasteiger partial charge on any atom is -0.462 e. The first kappa shape index (κ1) is 11.2. The van der Waals surface area contributed by atoms with Gasteiger partial charge in [-0.25, -0.2) is 4.79 Å². The molecule has 0 aliphatic heterocycles. The Morgan fingerprint density at radius 1 is 1.50 bits per heavy atom. The number of ether oxygens (including phenoxy) is 1. The Balaban J connectivity index is 3.81. The van der Waals surface area contributed by atoms with E-state index >= 15 is 0 Å². The fraction of sp³-hybridized carbons (Fsp3) is 0.667. The molecule has 0 heterocycles. The minimum atomic E-state index is -0.829. The second-order valence-corrected chi connectivity index (χ2v) is 3.19. The maximum atomic E-state index is 11.0. The molecule has 0 unspecified atom stereocenters. The number of esters is 1. The maximum Gasteiger partial charge on any atom is 0.336 e. The smallest absolute Gasteiger partial charge is 0.336 e. The summed E-state index contributed by atoms with van der Waals surface area (Å²) in [6.45, 7) is 9.14. The van der Waals surface area contributed by atoms with Gasteiger partial charge in [-0.1, -0.05) is 20.4 Å². The van der Waals surface area contributed by atoms with Crippen LogP contribution in [0.25, 0.3) is 0 Å². The van der Waals surface area contributed by atoms with Crippen LogP contribution in [-0.2, 0) is 9.53 Å². The fourth-order valence-corrected chi connectivity index (χ4v) is 0.506. The molecule has 1 atom stereocenters. The van der Waals surface area contributed by atoms with Gasteiger partial charge in [0.25, 0.3) is 0 Å². The Labute approximate surface area is 73.0 Å². The van der Waals surface area contributed by atoms with Crippen LogP contribution in [0.5, 0.6) is 0 Å². The number of carbonyl (C=O) groups is 1. The van der Waals surface area contributed by atoms with Crippen LogP contribution in [0.3, 0.4) is 0 Å². The topological polar surface area (TPSA) is 46.5 Å². The molecule has 3 heteroatoms. The number of aliphatic hydroxyl groups is 1. The Morgan fingerprint density at radius 2 is 2.00 bits per heavy atom. The highest BCUT2D eigenvalue weighted by molar-refractivity contribution is 5.88. The van der Waals surface area contributed by atoms with Gasteiger partial charge in [0.05, 0.1) is 18.3 Å². The van der Waals surface area contributed by atoms with Crippen molar-refractivity contribution >= 4 is 5.97 Å². The molecule has 0 aromatic rings. The number of carbonyl (C=O) groups excluding carboxylic acids is 1. The monoisotopic (exact) mass is 172 g/mol. The molecule has 0 amide bonds. The maximum absolute atomic E-state index is 11.0. The summed E-state index contributed by atoms with van der Waals surface area (Å²) in [7, 11) is 0. The second kappa shape index (κ2) is 4.93. The van der Waals surface area contributed by atoms with Crippen molar-refractivity contribution < 1.29 is 14.6 Å². The van der Waals surface area contributed by atoms with Gasteiger partial charge in [-0.15, -0.1) is 0 Å². The third kappa shape index (κ3) is 4.13. The zero-order valence-electron chi connectivity index (χ0n) is 7.83. The second-order valence-electron chi connectivity index (χ2n) is 3.19. The van der Waals surface area contributed by atoms with Crippen LogP contribution in [0, 0.1) is 5.92 Å². The molecule has 0 saturated heterocycles. The van der Waals surface area contributed by atoms with Crippen molar-refractivity contribution in [2.45, 2.75) is 26.9 Å². The van der Waals surface area contributed by atoms with Crippen molar-refractivity contribution in [3.8, 4) is 0 Å². The molecular weight excluding hydrogens is 156 g/mol. The fourth-order valence-electron chi connectivity index (χ4n) is 0.506. The molecule has 1 N–H and O–H groups in total. The summed E-state index contributed by atoms with van der Waals surface area (Å²) in [4.78, 5) is 11.0. The van der Waals surface area contributed by atoms with Crippen LogP contribution in [-0.4, -0.2) is 23.8 Å². The molecule has 0 aromatic heterocycles. The van der Waals surface area contributed by atoms with Gasteiger partial charge in [-0.3, -0.25) is 0 Å². The number of aliphatic hydroxyl groups excluding tert-OH is 1. The number of hydrogen-bond acceptors (Lipinski definition) is 3. The molecule has 0 aromatic carbocycles. The predicted octanol–water partition coefficient (Wildman–Crippen LogP) is 1.12. The van der Waals surface area contributed by atoms with Gasteiger partial charge in [0, 0.05) is 0 Å². The van der Waals surface area contributed by atoms with Gasteiger partial charge in [0.2, 0.25) is 0 Å². The summed E-state index contributed by atoms with van der Waals surface area (Å²) < 4.78 is 4.83. The molecule has 0 saturated carbocycles. The molecule has 0 bridgehead atoms. The summed E-state index contributed by atoms with van der Waals surface area (Å²) in [5, 5.41) is 8.96. The van der Waals surface area contributed by atoms with Gasteiger partial charge in [0.15, 0.2) is 0 Å². The van der Waals surface area contributed by atoms with Gasteiger partial charge in [-0.05, 0) is 12.8 Å². The highest BCUT2D eigenvalue weighted by Gasteiger charge is 2.13. The summed E-state index contributed by atoms with van der Waals surface area (Å²) >= 11 is 0. The zero-order chi connectivity index (χ0) is 9.72. The lowest BCUT2D eigenvalue weighted by atomic mass is 10.2. The van der Waals surface area contributed by atoms with E-state index in [-0.39, 0.29) is 5.57 Å². The third-order valence-electron chi connectivity index (χ3n) is 1.31. The van der Waals surface area contributed by atoms with Gasteiger partial charge in [-0.2, -0.15) is 0 Å². The van der Waals surface area contributed by atoms with Crippen LogP contribution < -0.4 is 0 Å². The summed E-state index contributed by atoms with van der Waals surface area (Å²) in [6.07, 6.45) is -0.829. The Kier molecular flexibility index (Phi) is 4.59. The van der Waals surface area contributed by atoms with Crippen molar-refractivity contribution in [1.82, 2.24) is 0 Å². The van der Waals surface area contributed by atoms with Crippen LogP contribution in [0.4, 0.5) is 0 Å². The van der Waals surface area contributed by atoms with E-state index in [1.807, 2.05) is 13.8 Å². The molecule has 0 rings (SSSR count). The van der Waals surface area contributed by atoms with Crippen LogP contribution in [0.2, 0.25) is 0 Å². The van der Waals surface area contributed by atoms with Crippen LogP contribution in [0.1, 0.15) is 20.8 Å².